The van der Waals surface area contributed by atoms with E-state index in [-0.39, 0.29) is 23.3 Å². The van der Waals surface area contributed by atoms with Crippen molar-refractivity contribution in [2.24, 2.45) is 0 Å². The minimum absolute atomic E-state index is 0.0452. The maximum atomic E-state index is 14.2. The highest BCUT2D eigenvalue weighted by atomic mass is 32.1. The smallest absolute Gasteiger partial charge is 0.259 e. The first-order valence-corrected chi connectivity index (χ1v) is 7.94. The lowest BCUT2D eigenvalue weighted by atomic mass is 10.1. The Kier molecular flexibility index (Phi) is 3.99. The Balaban J connectivity index is 2.12. The number of rotatable bonds is 3. The van der Waals surface area contributed by atoms with Gasteiger partial charge in [-0.3, -0.25) is 9.59 Å². The van der Waals surface area contributed by atoms with Crippen LogP contribution in [0, 0.1) is 24.1 Å². The highest BCUT2D eigenvalue weighted by molar-refractivity contribution is 7.17. The molecule has 1 aromatic carbocycles. The fourth-order valence-electron chi connectivity index (χ4n) is 2.62. The van der Waals surface area contributed by atoms with E-state index >= 15 is 0 Å². The molecule has 7 heteroatoms. The van der Waals surface area contributed by atoms with Gasteiger partial charge in [-0.15, -0.1) is 11.3 Å². The lowest BCUT2D eigenvalue weighted by Gasteiger charge is -2.05. The minimum Gasteiger partial charge on any atom is -0.293 e. The molecule has 24 heavy (non-hydrogen) atoms. The van der Waals surface area contributed by atoms with Gasteiger partial charge in [-0.05, 0) is 18.6 Å². The SMILES string of the molecule is CC(=O)c1c(C)sc2nc(Cc3cccc(C#N)c3F)cc(=O)n12. The van der Waals surface area contributed by atoms with Crippen molar-refractivity contribution in [3.8, 4) is 6.07 Å². The summed E-state index contributed by atoms with van der Waals surface area (Å²) < 4.78 is 15.5. The van der Waals surface area contributed by atoms with E-state index in [1.807, 2.05) is 0 Å². The molecule has 3 aromatic rings. The van der Waals surface area contributed by atoms with Gasteiger partial charge in [0.1, 0.15) is 17.6 Å². The first-order chi connectivity index (χ1) is 11.4. The van der Waals surface area contributed by atoms with Crippen molar-refractivity contribution >= 4 is 22.1 Å². The minimum atomic E-state index is -0.603. The molecular weight excluding hydrogens is 329 g/mol. The summed E-state index contributed by atoms with van der Waals surface area (Å²) in [6, 6.07) is 7.62. The van der Waals surface area contributed by atoms with Gasteiger partial charge in [0, 0.05) is 24.3 Å². The average molecular weight is 341 g/mol. The van der Waals surface area contributed by atoms with Crippen molar-refractivity contribution in [1.29, 1.82) is 5.26 Å². The normalized spacial score (nSPS) is 10.8. The van der Waals surface area contributed by atoms with Gasteiger partial charge in [-0.2, -0.15) is 5.26 Å². The number of fused-ring (bicyclic) bond motifs is 1. The van der Waals surface area contributed by atoms with Crippen molar-refractivity contribution in [2.45, 2.75) is 20.3 Å². The van der Waals surface area contributed by atoms with Crippen LogP contribution >= 0.6 is 11.3 Å². The van der Waals surface area contributed by atoms with Crippen molar-refractivity contribution < 1.29 is 9.18 Å². The molecule has 0 fully saturated rings. The fraction of sp³-hybridized carbons (Fsp3) is 0.176. The molecule has 0 aliphatic rings. The number of aryl methyl sites for hydroxylation is 1. The lowest BCUT2D eigenvalue weighted by Crippen LogP contribution is -2.18. The Labute approximate surface area is 140 Å². The van der Waals surface area contributed by atoms with Gasteiger partial charge in [0.25, 0.3) is 5.56 Å². The second-order valence-electron chi connectivity index (χ2n) is 5.33. The number of halogens is 1. The molecule has 0 atom stereocenters. The molecular formula is C17H12FN3O2S. The molecule has 0 bridgehead atoms. The Hall–Kier alpha value is -2.85. The number of hydrogen-bond acceptors (Lipinski definition) is 5. The summed E-state index contributed by atoms with van der Waals surface area (Å²) >= 11 is 1.24. The number of nitrogens with zero attached hydrogens (tertiary/aromatic N) is 3. The van der Waals surface area contributed by atoms with Crippen LogP contribution in [0.15, 0.2) is 29.1 Å². The molecule has 2 aromatic heterocycles. The van der Waals surface area contributed by atoms with Crippen molar-refractivity contribution in [2.75, 3.05) is 0 Å². The Morgan fingerprint density at radius 3 is 2.88 bits per heavy atom. The maximum Gasteiger partial charge on any atom is 0.259 e. The number of thiazole rings is 1. The number of benzene rings is 1. The summed E-state index contributed by atoms with van der Waals surface area (Å²) in [5.74, 6) is -0.808. The van der Waals surface area contributed by atoms with Crippen LogP contribution in [-0.2, 0) is 6.42 Å². The van der Waals surface area contributed by atoms with Gasteiger partial charge < -0.3 is 0 Å². The molecule has 0 N–H and O–H groups in total. The Morgan fingerprint density at radius 1 is 1.46 bits per heavy atom. The molecule has 0 radical (unpaired) electrons. The molecule has 0 spiro atoms. The van der Waals surface area contributed by atoms with Crippen LogP contribution in [0.5, 0.6) is 0 Å². The summed E-state index contributed by atoms with van der Waals surface area (Å²) in [7, 11) is 0. The molecule has 0 unspecified atom stereocenters. The molecule has 2 heterocycles. The van der Waals surface area contributed by atoms with E-state index in [0.29, 0.717) is 26.8 Å². The van der Waals surface area contributed by atoms with Gasteiger partial charge in [0.05, 0.1) is 11.3 Å². The van der Waals surface area contributed by atoms with E-state index in [9.17, 15) is 14.0 Å². The number of carbonyl (C=O) groups excluding carboxylic acids is 1. The zero-order chi connectivity index (χ0) is 17.4. The van der Waals surface area contributed by atoms with E-state index in [1.54, 1.807) is 25.1 Å². The fourth-order valence-corrected chi connectivity index (χ4v) is 3.66. The number of hydrogen-bond donors (Lipinski definition) is 0. The molecule has 0 saturated heterocycles. The van der Waals surface area contributed by atoms with E-state index in [0.717, 1.165) is 0 Å². The summed E-state index contributed by atoms with van der Waals surface area (Å²) in [5.41, 5.74) is 0.602. The topological polar surface area (TPSA) is 75.2 Å². The summed E-state index contributed by atoms with van der Waals surface area (Å²) in [6.45, 7) is 3.16. The third-order valence-electron chi connectivity index (χ3n) is 3.65. The summed E-state index contributed by atoms with van der Waals surface area (Å²) in [6.07, 6.45) is 0.0967. The molecule has 120 valence electrons. The molecule has 0 amide bonds. The number of aromatic nitrogens is 2. The summed E-state index contributed by atoms with van der Waals surface area (Å²) in [5, 5.41) is 8.89. The van der Waals surface area contributed by atoms with Crippen molar-refractivity contribution in [3.05, 3.63) is 67.8 Å². The second kappa shape index (κ2) is 5.98. The number of carbonyl (C=O) groups is 1. The second-order valence-corrected chi connectivity index (χ2v) is 6.52. The third-order valence-corrected chi connectivity index (χ3v) is 4.60. The van der Waals surface area contributed by atoms with E-state index in [2.05, 4.69) is 4.98 Å². The van der Waals surface area contributed by atoms with Crippen LogP contribution in [-0.4, -0.2) is 15.2 Å². The Bertz CT molecular complexity index is 1080. The van der Waals surface area contributed by atoms with Gasteiger partial charge in [0.15, 0.2) is 10.7 Å². The van der Waals surface area contributed by atoms with Crippen LogP contribution in [0.3, 0.4) is 0 Å². The molecule has 3 rings (SSSR count). The number of Topliss-reactive ketones (excluding diaryl/α,β-unsaturated/α-hetero) is 1. The first kappa shape index (κ1) is 16.0. The van der Waals surface area contributed by atoms with Crippen LogP contribution in [0.4, 0.5) is 4.39 Å². The summed E-state index contributed by atoms with van der Waals surface area (Å²) in [4.78, 5) is 29.6. The zero-order valence-corrected chi connectivity index (χ0v) is 13.8. The largest absolute Gasteiger partial charge is 0.293 e. The van der Waals surface area contributed by atoms with Gasteiger partial charge in [-0.25, -0.2) is 13.8 Å². The molecule has 0 aliphatic carbocycles. The first-order valence-electron chi connectivity index (χ1n) is 7.13. The lowest BCUT2D eigenvalue weighted by molar-refractivity contribution is 0.101. The molecule has 0 saturated carbocycles. The standard InChI is InChI=1S/C17H12FN3O2S/c1-9(22)16-10(2)24-17-20-13(7-14(23)21(16)17)6-11-4-3-5-12(8-19)15(11)18/h3-5,7H,6H2,1-2H3. The maximum absolute atomic E-state index is 14.2. The van der Waals surface area contributed by atoms with Gasteiger partial charge in [-0.1, -0.05) is 12.1 Å². The van der Waals surface area contributed by atoms with Gasteiger partial charge >= 0.3 is 0 Å². The number of ketones is 1. The number of nitriles is 1. The van der Waals surface area contributed by atoms with E-state index < -0.39 is 5.82 Å². The highest BCUT2D eigenvalue weighted by Crippen LogP contribution is 2.21. The van der Waals surface area contributed by atoms with Crippen molar-refractivity contribution in [3.63, 3.8) is 0 Å². The predicted molar refractivity (Wildman–Crippen MR) is 88.0 cm³/mol. The molecule has 5 nitrogen and oxygen atoms in total. The Morgan fingerprint density at radius 2 is 2.21 bits per heavy atom. The average Bonchev–Trinajstić information content (AvgIpc) is 2.86. The van der Waals surface area contributed by atoms with Crippen LogP contribution in [0.25, 0.3) is 4.96 Å². The van der Waals surface area contributed by atoms with E-state index in [1.165, 1.54) is 34.8 Å². The monoisotopic (exact) mass is 341 g/mol. The predicted octanol–water partition coefficient (Wildman–Crippen LogP) is 2.87. The van der Waals surface area contributed by atoms with Crippen molar-refractivity contribution in [1.82, 2.24) is 9.38 Å². The third kappa shape index (κ3) is 2.61. The van der Waals surface area contributed by atoms with Crippen LogP contribution < -0.4 is 5.56 Å². The molecule has 0 aliphatic heterocycles. The van der Waals surface area contributed by atoms with Crippen LogP contribution in [0.1, 0.15) is 39.1 Å². The van der Waals surface area contributed by atoms with Crippen LogP contribution in [0.2, 0.25) is 0 Å². The van der Waals surface area contributed by atoms with E-state index in [4.69, 9.17) is 5.26 Å². The highest BCUT2D eigenvalue weighted by Gasteiger charge is 2.17. The van der Waals surface area contributed by atoms with Gasteiger partial charge in [0.2, 0.25) is 0 Å². The quantitative estimate of drug-likeness (QED) is 0.687. The zero-order valence-electron chi connectivity index (χ0n) is 13.0.